The first kappa shape index (κ1) is 13.4. The van der Waals surface area contributed by atoms with Crippen molar-refractivity contribution in [3.8, 4) is 5.75 Å². The molecule has 0 aliphatic rings. The van der Waals surface area contributed by atoms with Crippen molar-refractivity contribution in [3.63, 3.8) is 0 Å². The van der Waals surface area contributed by atoms with Crippen molar-refractivity contribution in [2.45, 2.75) is 6.92 Å². The summed E-state index contributed by atoms with van der Waals surface area (Å²) in [6.45, 7) is 1.38. The summed E-state index contributed by atoms with van der Waals surface area (Å²) < 4.78 is 4.97. The fourth-order valence-electron chi connectivity index (χ4n) is 1.58. The van der Waals surface area contributed by atoms with Gasteiger partial charge in [0.05, 0.1) is 0 Å². The summed E-state index contributed by atoms with van der Waals surface area (Å²) in [7, 11) is 0. The van der Waals surface area contributed by atoms with Crippen LogP contribution in [0.5, 0.6) is 5.75 Å². The molecule has 3 heteroatoms. The van der Waals surface area contributed by atoms with Gasteiger partial charge in [0.2, 0.25) is 0 Å². The normalized spacial score (nSPS) is 10.6. The second kappa shape index (κ2) is 6.21. The SMILES string of the molecule is CC(=O)Oc1ccc(/C=C/c2ccc(Cl)cc2)cc1. The van der Waals surface area contributed by atoms with Crippen LogP contribution in [-0.2, 0) is 4.79 Å². The van der Waals surface area contributed by atoms with Crippen LogP contribution in [0.3, 0.4) is 0 Å². The molecule has 0 atom stereocenters. The molecule has 0 fully saturated rings. The van der Waals surface area contributed by atoms with Crippen LogP contribution in [0.2, 0.25) is 5.02 Å². The van der Waals surface area contributed by atoms with Gasteiger partial charge in [0.1, 0.15) is 5.75 Å². The van der Waals surface area contributed by atoms with Crippen molar-refractivity contribution >= 4 is 29.7 Å². The minimum atomic E-state index is -0.315. The molecule has 2 nitrogen and oxygen atoms in total. The predicted molar refractivity (Wildman–Crippen MR) is 78.1 cm³/mol. The molecule has 0 saturated carbocycles. The molecule has 0 aliphatic carbocycles. The van der Waals surface area contributed by atoms with Crippen LogP contribution in [0.15, 0.2) is 48.5 Å². The molecular formula is C16H13ClO2. The molecule has 0 aromatic heterocycles. The molecule has 0 radical (unpaired) electrons. The summed E-state index contributed by atoms with van der Waals surface area (Å²) in [6, 6.07) is 14.9. The van der Waals surface area contributed by atoms with Gasteiger partial charge in [-0.05, 0) is 35.4 Å². The third kappa shape index (κ3) is 4.27. The van der Waals surface area contributed by atoms with Crippen LogP contribution in [0.1, 0.15) is 18.1 Å². The van der Waals surface area contributed by atoms with E-state index < -0.39 is 0 Å². The topological polar surface area (TPSA) is 26.3 Å². The van der Waals surface area contributed by atoms with E-state index in [1.807, 2.05) is 48.6 Å². The number of rotatable bonds is 3. The number of halogens is 1. The van der Waals surface area contributed by atoms with Crippen LogP contribution < -0.4 is 4.74 Å². The Hall–Kier alpha value is -2.06. The average Bonchev–Trinajstić information content (AvgIpc) is 2.39. The Balaban J connectivity index is 2.06. The molecule has 0 N–H and O–H groups in total. The smallest absolute Gasteiger partial charge is 0.308 e. The lowest BCUT2D eigenvalue weighted by Crippen LogP contribution is -2.00. The van der Waals surface area contributed by atoms with Gasteiger partial charge in [0.15, 0.2) is 0 Å². The summed E-state index contributed by atoms with van der Waals surface area (Å²) in [6.07, 6.45) is 3.98. The number of benzene rings is 2. The minimum Gasteiger partial charge on any atom is -0.427 e. The van der Waals surface area contributed by atoms with Gasteiger partial charge in [0.25, 0.3) is 0 Å². The van der Waals surface area contributed by atoms with Gasteiger partial charge in [0, 0.05) is 11.9 Å². The molecule has 0 heterocycles. The number of hydrogen-bond donors (Lipinski definition) is 0. The summed E-state index contributed by atoms with van der Waals surface area (Å²) in [5, 5.41) is 0.725. The van der Waals surface area contributed by atoms with Crippen molar-refractivity contribution in [1.29, 1.82) is 0 Å². The molecule has 0 aliphatic heterocycles. The summed E-state index contributed by atoms with van der Waals surface area (Å²) in [5.74, 6) is 0.237. The van der Waals surface area contributed by atoms with Gasteiger partial charge in [-0.15, -0.1) is 0 Å². The lowest BCUT2D eigenvalue weighted by atomic mass is 10.1. The standard InChI is InChI=1S/C16H13ClO2/c1-12(18)19-16-10-6-14(7-11-16)3-2-13-4-8-15(17)9-5-13/h2-11H,1H3/b3-2+. The molecule has 0 spiro atoms. The van der Waals surface area contributed by atoms with Crippen LogP contribution in [0, 0.1) is 0 Å². The number of carbonyl (C=O) groups is 1. The quantitative estimate of drug-likeness (QED) is 0.469. The zero-order valence-electron chi connectivity index (χ0n) is 10.5. The molecule has 2 aromatic carbocycles. The molecule has 2 aromatic rings. The summed E-state index contributed by atoms with van der Waals surface area (Å²) in [4.78, 5) is 10.8. The van der Waals surface area contributed by atoms with Crippen LogP contribution in [0.25, 0.3) is 12.2 Å². The number of ether oxygens (including phenoxy) is 1. The maximum Gasteiger partial charge on any atom is 0.308 e. The molecule has 19 heavy (non-hydrogen) atoms. The minimum absolute atomic E-state index is 0.315. The van der Waals surface area contributed by atoms with Crippen molar-refractivity contribution in [2.24, 2.45) is 0 Å². The molecule has 96 valence electrons. The van der Waals surface area contributed by atoms with Crippen molar-refractivity contribution in [3.05, 3.63) is 64.7 Å². The number of hydrogen-bond acceptors (Lipinski definition) is 2. The highest BCUT2D eigenvalue weighted by Gasteiger charge is 1.96. The first-order valence-electron chi connectivity index (χ1n) is 5.85. The van der Waals surface area contributed by atoms with Gasteiger partial charge in [-0.2, -0.15) is 0 Å². The lowest BCUT2D eigenvalue weighted by Gasteiger charge is -2.01. The Morgan fingerprint density at radius 3 is 1.89 bits per heavy atom. The summed E-state index contributed by atoms with van der Waals surface area (Å²) in [5.41, 5.74) is 2.11. The lowest BCUT2D eigenvalue weighted by molar-refractivity contribution is -0.131. The molecule has 0 amide bonds. The second-order valence-electron chi connectivity index (χ2n) is 4.05. The predicted octanol–water partition coefficient (Wildman–Crippen LogP) is 4.44. The van der Waals surface area contributed by atoms with Gasteiger partial charge in [-0.25, -0.2) is 0 Å². The fourth-order valence-corrected chi connectivity index (χ4v) is 1.71. The molecule has 0 bridgehead atoms. The van der Waals surface area contributed by atoms with E-state index in [-0.39, 0.29) is 5.97 Å². The monoisotopic (exact) mass is 272 g/mol. The third-order valence-corrected chi connectivity index (χ3v) is 2.73. The number of carbonyl (C=O) groups excluding carboxylic acids is 1. The van der Waals surface area contributed by atoms with E-state index in [2.05, 4.69) is 0 Å². The van der Waals surface area contributed by atoms with Gasteiger partial charge in [-0.3, -0.25) is 4.79 Å². The van der Waals surface area contributed by atoms with E-state index in [4.69, 9.17) is 16.3 Å². The highest BCUT2D eigenvalue weighted by Crippen LogP contribution is 2.16. The van der Waals surface area contributed by atoms with E-state index in [1.165, 1.54) is 6.92 Å². The highest BCUT2D eigenvalue weighted by atomic mass is 35.5. The summed E-state index contributed by atoms with van der Waals surface area (Å²) >= 11 is 5.82. The van der Waals surface area contributed by atoms with E-state index in [0.29, 0.717) is 5.75 Å². The zero-order chi connectivity index (χ0) is 13.7. The molecular weight excluding hydrogens is 260 g/mol. The van der Waals surface area contributed by atoms with Crippen molar-refractivity contribution in [1.82, 2.24) is 0 Å². The maximum absolute atomic E-state index is 10.8. The Morgan fingerprint density at radius 1 is 0.947 bits per heavy atom. The van der Waals surface area contributed by atoms with Crippen molar-refractivity contribution < 1.29 is 9.53 Å². The highest BCUT2D eigenvalue weighted by molar-refractivity contribution is 6.30. The van der Waals surface area contributed by atoms with Crippen LogP contribution >= 0.6 is 11.6 Å². The van der Waals surface area contributed by atoms with E-state index in [0.717, 1.165) is 16.1 Å². The van der Waals surface area contributed by atoms with Crippen molar-refractivity contribution in [2.75, 3.05) is 0 Å². The van der Waals surface area contributed by atoms with Crippen LogP contribution in [0.4, 0.5) is 0 Å². The van der Waals surface area contributed by atoms with E-state index in [1.54, 1.807) is 12.1 Å². The second-order valence-corrected chi connectivity index (χ2v) is 4.48. The fraction of sp³-hybridized carbons (Fsp3) is 0.0625. The zero-order valence-corrected chi connectivity index (χ0v) is 11.2. The third-order valence-electron chi connectivity index (χ3n) is 2.48. The van der Waals surface area contributed by atoms with E-state index >= 15 is 0 Å². The first-order chi connectivity index (χ1) is 9.13. The Morgan fingerprint density at radius 2 is 1.42 bits per heavy atom. The van der Waals surface area contributed by atoms with Crippen LogP contribution in [-0.4, -0.2) is 5.97 Å². The average molecular weight is 273 g/mol. The molecule has 2 rings (SSSR count). The van der Waals surface area contributed by atoms with Gasteiger partial charge < -0.3 is 4.74 Å². The molecule has 0 saturated heterocycles. The Labute approximate surface area is 117 Å². The Bertz CT molecular complexity index is 583. The maximum atomic E-state index is 10.8. The van der Waals surface area contributed by atoms with Gasteiger partial charge in [-0.1, -0.05) is 48.0 Å². The largest absolute Gasteiger partial charge is 0.427 e. The Kier molecular flexibility index (Phi) is 4.37. The van der Waals surface area contributed by atoms with E-state index in [9.17, 15) is 4.79 Å². The van der Waals surface area contributed by atoms with Gasteiger partial charge >= 0.3 is 5.97 Å². The molecule has 0 unspecified atom stereocenters. The number of esters is 1. The first-order valence-corrected chi connectivity index (χ1v) is 6.23.